The SMILES string of the molecule is CNCCCC(=O)N1CCC(C(=O)c2ccc(Cl)cc2)CC1. The second kappa shape index (κ2) is 8.30. The second-order valence-corrected chi connectivity index (χ2v) is 6.17. The number of amides is 1. The molecule has 1 aromatic rings. The summed E-state index contributed by atoms with van der Waals surface area (Å²) in [5.74, 6) is 0.383. The van der Waals surface area contributed by atoms with E-state index in [9.17, 15) is 9.59 Å². The van der Waals surface area contributed by atoms with Crippen molar-refractivity contribution in [1.29, 1.82) is 0 Å². The van der Waals surface area contributed by atoms with Gasteiger partial charge in [-0.05, 0) is 57.1 Å². The minimum atomic E-state index is 0.0162. The maximum Gasteiger partial charge on any atom is 0.222 e. The fourth-order valence-electron chi connectivity index (χ4n) is 2.82. The predicted molar refractivity (Wildman–Crippen MR) is 88.2 cm³/mol. The van der Waals surface area contributed by atoms with E-state index in [1.54, 1.807) is 24.3 Å². The van der Waals surface area contributed by atoms with Crippen LogP contribution >= 0.6 is 11.6 Å². The van der Waals surface area contributed by atoms with E-state index in [1.165, 1.54) is 0 Å². The third kappa shape index (κ3) is 4.55. The molecule has 0 saturated carbocycles. The quantitative estimate of drug-likeness (QED) is 0.647. The highest BCUT2D eigenvalue weighted by Gasteiger charge is 2.27. The van der Waals surface area contributed by atoms with Crippen LogP contribution in [0.5, 0.6) is 0 Å². The number of nitrogens with one attached hydrogen (secondary N) is 1. The monoisotopic (exact) mass is 322 g/mol. The van der Waals surface area contributed by atoms with Gasteiger partial charge in [-0.15, -0.1) is 0 Å². The second-order valence-electron chi connectivity index (χ2n) is 5.73. The van der Waals surface area contributed by atoms with Crippen LogP contribution in [0.3, 0.4) is 0 Å². The number of Topliss-reactive ketones (excluding diaryl/α,β-unsaturated/α-hetero) is 1. The molecule has 0 spiro atoms. The fourth-order valence-corrected chi connectivity index (χ4v) is 2.94. The number of halogens is 1. The Kier molecular flexibility index (Phi) is 6.40. The summed E-state index contributed by atoms with van der Waals surface area (Å²) >= 11 is 5.85. The molecule has 2 rings (SSSR count). The molecule has 120 valence electrons. The van der Waals surface area contributed by atoms with Crippen LogP contribution in [-0.4, -0.2) is 43.3 Å². The van der Waals surface area contributed by atoms with Crippen molar-refractivity contribution < 1.29 is 9.59 Å². The van der Waals surface area contributed by atoms with Gasteiger partial charge in [-0.3, -0.25) is 9.59 Å². The van der Waals surface area contributed by atoms with Gasteiger partial charge in [0.05, 0.1) is 0 Å². The lowest BCUT2D eigenvalue weighted by Gasteiger charge is -2.31. The van der Waals surface area contributed by atoms with Gasteiger partial charge in [0.25, 0.3) is 0 Å². The zero-order valence-electron chi connectivity index (χ0n) is 13.0. The number of benzene rings is 1. The molecule has 0 aliphatic carbocycles. The van der Waals surface area contributed by atoms with Gasteiger partial charge in [-0.1, -0.05) is 11.6 Å². The summed E-state index contributed by atoms with van der Waals surface area (Å²) in [6.07, 6.45) is 2.94. The highest BCUT2D eigenvalue weighted by atomic mass is 35.5. The van der Waals surface area contributed by atoms with Crippen molar-refractivity contribution in [1.82, 2.24) is 10.2 Å². The molecule has 1 aliphatic heterocycles. The van der Waals surface area contributed by atoms with Gasteiger partial charge < -0.3 is 10.2 Å². The molecule has 1 fully saturated rings. The molecule has 5 heteroatoms. The fraction of sp³-hybridized carbons (Fsp3) is 0.529. The number of nitrogens with zero attached hydrogens (tertiary/aromatic N) is 1. The molecule has 0 atom stereocenters. The summed E-state index contributed by atoms with van der Waals surface area (Å²) in [6.45, 7) is 2.22. The number of rotatable bonds is 6. The minimum absolute atomic E-state index is 0.0162. The predicted octanol–water partition coefficient (Wildman–Crippen LogP) is 2.76. The van der Waals surface area contributed by atoms with Gasteiger partial charge in [0.2, 0.25) is 5.91 Å². The van der Waals surface area contributed by atoms with Gasteiger partial charge in [-0.2, -0.15) is 0 Å². The summed E-state index contributed by atoms with van der Waals surface area (Å²) < 4.78 is 0. The number of ketones is 1. The molecule has 0 unspecified atom stereocenters. The van der Waals surface area contributed by atoms with E-state index in [4.69, 9.17) is 11.6 Å². The third-order valence-electron chi connectivity index (χ3n) is 4.16. The third-order valence-corrected chi connectivity index (χ3v) is 4.42. The highest BCUT2D eigenvalue weighted by molar-refractivity contribution is 6.30. The number of carbonyl (C=O) groups is 2. The van der Waals surface area contributed by atoms with Crippen LogP contribution in [0.4, 0.5) is 0 Å². The van der Waals surface area contributed by atoms with Crippen molar-refractivity contribution in [3.05, 3.63) is 34.9 Å². The first-order valence-electron chi connectivity index (χ1n) is 7.84. The van der Waals surface area contributed by atoms with Crippen molar-refractivity contribution >= 4 is 23.3 Å². The standard InChI is InChI=1S/C17H23ClN2O2/c1-19-10-2-3-16(21)20-11-8-14(9-12-20)17(22)13-4-6-15(18)7-5-13/h4-7,14,19H,2-3,8-12H2,1H3. The molecule has 1 aliphatic rings. The topological polar surface area (TPSA) is 49.4 Å². The molecule has 1 N–H and O–H groups in total. The van der Waals surface area contributed by atoms with E-state index in [1.807, 2.05) is 11.9 Å². The first-order valence-corrected chi connectivity index (χ1v) is 8.21. The van der Waals surface area contributed by atoms with Crippen LogP contribution in [0.2, 0.25) is 5.02 Å². The minimum Gasteiger partial charge on any atom is -0.343 e. The Labute approximate surface area is 136 Å². The largest absolute Gasteiger partial charge is 0.343 e. The smallest absolute Gasteiger partial charge is 0.222 e. The lowest BCUT2D eigenvalue weighted by Crippen LogP contribution is -2.40. The maximum absolute atomic E-state index is 12.4. The van der Waals surface area contributed by atoms with Crippen molar-refractivity contribution in [2.75, 3.05) is 26.7 Å². The highest BCUT2D eigenvalue weighted by Crippen LogP contribution is 2.23. The zero-order chi connectivity index (χ0) is 15.9. The molecule has 0 radical (unpaired) electrons. The van der Waals surface area contributed by atoms with E-state index < -0.39 is 0 Å². The van der Waals surface area contributed by atoms with E-state index in [0.717, 1.165) is 25.8 Å². The lowest BCUT2D eigenvalue weighted by atomic mass is 9.89. The summed E-state index contributed by atoms with van der Waals surface area (Å²) in [5.41, 5.74) is 0.711. The molecule has 1 amide bonds. The van der Waals surface area contributed by atoms with Crippen molar-refractivity contribution in [3.8, 4) is 0 Å². The van der Waals surface area contributed by atoms with E-state index in [2.05, 4.69) is 5.32 Å². The van der Waals surface area contributed by atoms with Gasteiger partial charge >= 0.3 is 0 Å². The van der Waals surface area contributed by atoms with Crippen LogP contribution in [0.1, 0.15) is 36.0 Å². The van der Waals surface area contributed by atoms with Crippen LogP contribution in [0, 0.1) is 5.92 Å². The van der Waals surface area contributed by atoms with Crippen LogP contribution in [-0.2, 0) is 4.79 Å². The van der Waals surface area contributed by atoms with E-state index >= 15 is 0 Å². The van der Waals surface area contributed by atoms with Crippen molar-refractivity contribution in [2.24, 2.45) is 5.92 Å². The molecular formula is C17H23ClN2O2. The number of carbonyl (C=O) groups excluding carboxylic acids is 2. The first-order chi connectivity index (χ1) is 10.6. The van der Waals surface area contributed by atoms with Crippen LogP contribution < -0.4 is 5.32 Å². The van der Waals surface area contributed by atoms with Crippen molar-refractivity contribution in [2.45, 2.75) is 25.7 Å². The Balaban J connectivity index is 1.82. The Morgan fingerprint density at radius 1 is 1.23 bits per heavy atom. The maximum atomic E-state index is 12.4. The average molecular weight is 323 g/mol. The van der Waals surface area contributed by atoms with Gasteiger partial charge in [0, 0.05) is 36.0 Å². The zero-order valence-corrected chi connectivity index (χ0v) is 13.7. The van der Waals surface area contributed by atoms with Gasteiger partial charge in [-0.25, -0.2) is 0 Å². The molecular weight excluding hydrogens is 300 g/mol. The van der Waals surface area contributed by atoms with Crippen molar-refractivity contribution in [3.63, 3.8) is 0 Å². The molecule has 1 aromatic carbocycles. The molecule has 22 heavy (non-hydrogen) atoms. The van der Waals surface area contributed by atoms with Gasteiger partial charge in [0.1, 0.15) is 0 Å². The molecule has 0 aromatic heterocycles. The number of hydrogen-bond donors (Lipinski definition) is 1. The van der Waals surface area contributed by atoms with E-state index in [0.29, 0.717) is 30.1 Å². The van der Waals surface area contributed by atoms with Gasteiger partial charge in [0.15, 0.2) is 5.78 Å². The Hall–Kier alpha value is -1.39. The average Bonchev–Trinajstić information content (AvgIpc) is 2.55. The summed E-state index contributed by atoms with van der Waals surface area (Å²) in [6, 6.07) is 7.05. The van der Waals surface area contributed by atoms with E-state index in [-0.39, 0.29) is 17.6 Å². The number of piperidine rings is 1. The Morgan fingerprint density at radius 2 is 1.86 bits per heavy atom. The summed E-state index contributed by atoms with van der Waals surface area (Å²) in [7, 11) is 1.89. The normalized spacial score (nSPS) is 15.8. The Morgan fingerprint density at radius 3 is 2.45 bits per heavy atom. The number of likely N-dealkylation sites (tertiary alicyclic amines) is 1. The molecule has 4 nitrogen and oxygen atoms in total. The molecule has 0 bridgehead atoms. The molecule has 1 heterocycles. The van der Waals surface area contributed by atoms with Crippen LogP contribution in [0.25, 0.3) is 0 Å². The van der Waals surface area contributed by atoms with Crippen LogP contribution in [0.15, 0.2) is 24.3 Å². The number of hydrogen-bond acceptors (Lipinski definition) is 3. The summed E-state index contributed by atoms with van der Waals surface area (Å²) in [5, 5.41) is 3.68. The molecule has 1 saturated heterocycles. The lowest BCUT2D eigenvalue weighted by molar-refractivity contribution is -0.132. The Bertz CT molecular complexity index is 508. The first kappa shape index (κ1) is 17.0. The summed E-state index contributed by atoms with van der Waals surface area (Å²) in [4.78, 5) is 26.4.